The Kier molecular flexibility index (Phi) is 4.44. The standard InChI is InChI=1S/C11H18N4OS/c1-16-9-10(15-12)13-7-14-11(9)17-6-8-4-2-3-5-8/h7-8H,2-6,12H2,1H3,(H,13,14,15). The molecular formula is C11H18N4OS. The lowest BCUT2D eigenvalue weighted by molar-refractivity contribution is 0.400. The highest BCUT2D eigenvalue weighted by Crippen LogP contribution is 2.35. The van der Waals surface area contributed by atoms with E-state index in [0.717, 1.165) is 16.7 Å². The van der Waals surface area contributed by atoms with Crippen LogP contribution >= 0.6 is 11.8 Å². The molecule has 1 aliphatic carbocycles. The number of hydrogen-bond acceptors (Lipinski definition) is 6. The second-order valence-electron chi connectivity index (χ2n) is 4.17. The summed E-state index contributed by atoms with van der Waals surface area (Å²) in [5, 5.41) is 0.863. The number of ether oxygens (including phenoxy) is 1. The largest absolute Gasteiger partial charge is 0.490 e. The average Bonchev–Trinajstić information content (AvgIpc) is 2.88. The molecule has 5 nitrogen and oxygen atoms in total. The van der Waals surface area contributed by atoms with Gasteiger partial charge >= 0.3 is 0 Å². The van der Waals surface area contributed by atoms with Crippen molar-refractivity contribution in [1.82, 2.24) is 9.97 Å². The minimum Gasteiger partial charge on any atom is -0.490 e. The molecule has 3 N–H and O–H groups in total. The summed E-state index contributed by atoms with van der Waals surface area (Å²) in [5.41, 5.74) is 2.53. The van der Waals surface area contributed by atoms with Gasteiger partial charge in [-0.1, -0.05) is 12.8 Å². The molecule has 1 aromatic rings. The summed E-state index contributed by atoms with van der Waals surface area (Å²) >= 11 is 1.73. The first kappa shape index (κ1) is 12.4. The van der Waals surface area contributed by atoms with E-state index in [1.54, 1.807) is 18.9 Å². The van der Waals surface area contributed by atoms with Crippen LogP contribution in [0.2, 0.25) is 0 Å². The Bertz CT molecular complexity index is 368. The molecule has 1 heterocycles. The van der Waals surface area contributed by atoms with Gasteiger partial charge in [0.2, 0.25) is 0 Å². The van der Waals surface area contributed by atoms with Gasteiger partial charge in [-0.25, -0.2) is 15.8 Å². The molecule has 0 bridgehead atoms. The van der Waals surface area contributed by atoms with Gasteiger partial charge in [-0.05, 0) is 18.8 Å². The van der Waals surface area contributed by atoms with Gasteiger partial charge in [-0.2, -0.15) is 0 Å². The number of hydrazine groups is 1. The Labute approximate surface area is 106 Å². The predicted molar refractivity (Wildman–Crippen MR) is 69.1 cm³/mol. The van der Waals surface area contributed by atoms with Crippen molar-refractivity contribution in [3.8, 4) is 5.75 Å². The molecule has 0 unspecified atom stereocenters. The van der Waals surface area contributed by atoms with E-state index in [2.05, 4.69) is 15.4 Å². The highest BCUT2D eigenvalue weighted by atomic mass is 32.2. The fraction of sp³-hybridized carbons (Fsp3) is 0.636. The van der Waals surface area contributed by atoms with Gasteiger partial charge in [-0.15, -0.1) is 11.8 Å². The number of methoxy groups -OCH3 is 1. The summed E-state index contributed by atoms with van der Waals surface area (Å²) in [7, 11) is 1.61. The number of aromatic nitrogens is 2. The smallest absolute Gasteiger partial charge is 0.195 e. The predicted octanol–water partition coefficient (Wildman–Crippen LogP) is 2.05. The van der Waals surface area contributed by atoms with Gasteiger partial charge in [0.15, 0.2) is 11.6 Å². The van der Waals surface area contributed by atoms with Crippen LogP contribution in [0.4, 0.5) is 5.82 Å². The van der Waals surface area contributed by atoms with Crippen LogP contribution < -0.4 is 16.0 Å². The summed E-state index contributed by atoms with van der Waals surface area (Å²) in [5.74, 6) is 8.47. The summed E-state index contributed by atoms with van der Waals surface area (Å²) in [6.07, 6.45) is 6.91. The lowest BCUT2D eigenvalue weighted by Crippen LogP contribution is -2.11. The van der Waals surface area contributed by atoms with Crippen LogP contribution in [-0.2, 0) is 0 Å². The lowest BCUT2D eigenvalue weighted by Gasteiger charge is -2.12. The van der Waals surface area contributed by atoms with Crippen LogP contribution in [0.15, 0.2) is 11.4 Å². The van der Waals surface area contributed by atoms with E-state index < -0.39 is 0 Å². The highest BCUT2D eigenvalue weighted by molar-refractivity contribution is 7.99. The topological polar surface area (TPSA) is 73.1 Å². The van der Waals surface area contributed by atoms with Crippen LogP contribution in [0.25, 0.3) is 0 Å². The fourth-order valence-electron chi connectivity index (χ4n) is 2.12. The van der Waals surface area contributed by atoms with Gasteiger partial charge in [-0.3, -0.25) is 0 Å². The molecule has 0 radical (unpaired) electrons. The number of nitrogens with zero attached hydrogens (tertiary/aromatic N) is 2. The molecule has 0 aromatic carbocycles. The first-order chi connectivity index (χ1) is 8.35. The number of thioether (sulfide) groups is 1. The maximum Gasteiger partial charge on any atom is 0.195 e. The number of rotatable bonds is 5. The lowest BCUT2D eigenvalue weighted by atomic mass is 10.1. The van der Waals surface area contributed by atoms with Crippen molar-refractivity contribution in [3.05, 3.63) is 6.33 Å². The van der Waals surface area contributed by atoms with E-state index >= 15 is 0 Å². The second kappa shape index (κ2) is 6.07. The Morgan fingerprint density at radius 1 is 1.47 bits per heavy atom. The summed E-state index contributed by atoms with van der Waals surface area (Å²) < 4.78 is 5.29. The Hall–Kier alpha value is -1.01. The zero-order valence-corrected chi connectivity index (χ0v) is 10.8. The van der Waals surface area contributed by atoms with E-state index in [9.17, 15) is 0 Å². The number of nitrogens with one attached hydrogen (secondary N) is 1. The molecule has 0 amide bonds. The first-order valence-electron chi connectivity index (χ1n) is 5.83. The zero-order chi connectivity index (χ0) is 12.1. The molecule has 0 spiro atoms. The van der Waals surface area contributed by atoms with Gasteiger partial charge in [0.1, 0.15) is 11.4 Å². The number of nitrogen functional groups attached to an aromatic ring is 1. The van der Waals surface area contributed by atoms with Gasteiger partial charge in [0, 0.05) is 5.75 Å². The van der Waals surface area contributed by atoms with Gasteiger partial charge < -0.3 is 10.2 Å². The fourth-order valence-corrected chi connectivity index (χ4v) is 3.28. The van der Waals surface area contributed by atoms with Crippen LogP contribution in [0.3, 0.4) is 0 Å². The van der Waals surface area contributed by atoms with Crippen molar-refractivity contribution in [3.63, 3.8) is 0 Å². The van der Waals surface area contributed by atoms with Crippen molar-refractivity contribution in [2.45, 2.75) is 30.7 Å². The Morgan fingerprint density at radius 3 is 2.88 bits per heavy atom. The molecule has 1 saturated carbocycles. The summed E-state index contributed by atoms with van der Waals surface area (Å²) in [6, 6.07) is 0. The maximum absolute atomic E-state index is 5.38. The highest BCUT2D eigenvalue weighted by Gasteiger charge is 2.18. The molecule has 1 aromatic heterocycles. The number of anilines is 1. The second-order valence-corrected chi connectivity index (χ2v) is 5.18. The van der Waals surface area contributed by atoms with Crippen molar-refractivity contribution in [2.24, 2.45) is 11.8 Å². The van der Waals surface area contributed by atoms with E-state index in [4.69, 9.17) is 10.6 Å². The number of nitrogens with two attached hydrogens (primary N) is 1. The van der Waals surface area contributed by atoms with Gasteiger partial charge in [0.25, 0.3) is 0 Å². The minimum atomic E-state index is 0.538. The van der Waals surface area contributed by atoms with E-state index in [0.29, 0.717) is 11.6 Å². The molecule has 17 heavy (non-hydrogen) atoms. The van der Waals surface area contributed by atoms with Crippen LogP contribution in [0.1, 0.15) is 25.7 Å². The Morgan fingerprint density at radius 2 is 2.24 bits per heavy atom. The quantitative estimate of drug-likeness (QED) is 0.362. The van der Waals surface area contributed by atoms with Crippen LogP contribution in [0.5, 0.6) is 5.75 Å². The van der Waals surface area contributed by atoms with Crippen molar-refractivity contribution >= 4 is 17.6 Å². The maximum atomic E-state index is 5.38. The van der Waals surface area contributed by atoms with Crippen molar-refractivity contribution < 1.29 is 4.74 Å². The SMILES string of the molecule is COc1c(NN)ncnc1SCC1CCCC1. The van der Waals surface area contributed by atoms with Crippen molar-refractivity contribution in [1.29, 1.82) is 0 Å². The summed E-state index contributed by atoms with van der Waals surface area (Å²) in [6.45, 7) is 0. The average molecular weight is 254 g/mol. The molecule has 0 aliphatic heterocycles. The molecule has 6 heteroatoms. The molecule has 94 valence electrons. The molecular weight excluding hydrogens is 236 g/mol. The minimum absolute atomic E-state index is 0.538. The summed E-state index contributed by atoms with van der Waals surface area (Å²) in [4.78, 5) is 8.27. The molecule has 0 saturated heterocycles. The van der Waals surface area contributed by atoms with Gasteiger partial charge in [0.05, 0.1) is 7.11 Å². The molecule has 1 fully saturated rings. The zero-order valence-electron chi connectivity index (χ0n) is 9.98. The first-order valence-corrected chi connectivity index (χ1v) is 6.82. The Balaban J connectivity index is 2.03. The van der Waals surface area contributed by atoms with Crippen LogP contribution in [0, 0.1) is 5.92 Å². The van der Waals surface area contributed by atoms with E-state index in [1.807, 2.05) is 0 Å². The normalized spacial score (nSPS) is 16.1. The van der Waals surface area contributed by atoms with Crippen LogP contribution in [-0.4, -0.2) is 22.8 Å². The monoisotopic (exact) mass is 254 g/mol. The third-order valence-corrected chi connectivity index (χ3v) is 4.24. The third kappa shape index (κ3) is 3.01. The molecule has 0 atom stereocenters. The third-order valence-electron chi connectivity index (χ3n) is 3.04. The molecule has 2 rings (SSSR count). The van der Waals surface area contributed by atoms with E-state index in [1.165, 1.54) is 32.0 Å². The van der Waals surface area contributed by atoms with E-state index in [-0.39, 0.29) is 0 Å². The molecule has 1 aliphatic rings. The number of hydrogen-bond donors (Lipinski definition) is 2. The van der Waals surface area contributed by atoms with Crippen molar-refractivity contribution in [2.75, 3.05) is 18.3 Å².